The van der Waals surface area contributed by atoms with Gasteiger partial charge in [0, 0.05) is 41.7 Å². The van der Waals surface area contributed by atoms with Crippen molar-refractivity contribution in [2.75, 3.05) is 23.3 Å². The second-order valence-corrected chi connectivity index (χ2v) is 7.46. The highest BCUT2D eigenvalue weighted by atomic mass is 19.1. The minimum absolute atomic E-state index is 0.0449. The van der Waals surface area contributed by atoms with Gasteiger partial charge in [-0.2, -0.15) is 0 Å². The fourth-order valence-electron chi connectivity index (χ4n) is 3.58. The first kappa shape index (κ1) is 21.4. The van der Waals surface area contributed by atoms with Crippen LogP contribution in [0.4, 0.5) is 29.3 Å². The van der Waals surface area contributed by atoms with Crippen molar-refractivity contribution in [3.8, 4) is 0 Å². The molecule has 32 heavy (non-hydrogen) atoms. The molecule has 1 aliphatic rings. The molecule has 1 fully saturated rings. The van der Waals surface area contributed by atoms with Gasteiger partial charge in [0.25, 0.3) is 5.91 Å². The Morgan fingerprint density at radius 1 is 0.906 bits per heavy atom. The van der Waals surface area contributed by atoms with Crippen LogP contribution < -0.4 is 10.2 Å². The molecule has 0 radical (unpaired) electrons. The first-order valence-electron chi connectivity index (χ1n) is 10.1. The Bertz CT molecular complexity index is 1150. The summed E-state index contributed by atoms with van der Waals surface area (Å²) in [6, 6.07) is 15.1. The largest absolute Gasteiger partial charge is 0.324 e. The van der Waals surface area contributed by atoms with Crippen molar-refractivity contribution in [2.24, 2.45) is 0 Å². The molecule has 1 saturated heterocycles. The van der Waals surface area contributed by atoms with Crippen LogP contribution >= 0.6 is 0 Å². The van der Waals surface area contributed by atoms with Gasteiger partial charge in [0.05, 0.1) is 6.54 Å². The number of halogens is 3. The fourth-order valence-corrected chi connectivity index (χ4v) is 3.58. The van der Waals surface area contributed by atoms with Crippen LogP contribution in [-0.2, 0) is 6.54 Å². The topological polar surface area (TPSA) is 52.7 Å². The van der Waals surface area contributed by atoms with Crippen molar-refractivity contribution < 1.29 is 22.8 Å². The van der Waals surface area contributed by atoms with Gasteiger partial charge in [-0.1, -0.05) is 12.1 Å². The highest BCUT2D eigenvalue weighted by Gasteiger charge is 2.27. The quantitative estimate of drug-likeness (QED) is 0.595. The lowest BCUT2D eigenvalue weighted by Crippen LogP contribution is -2.49. The third-order valence-corrected chi connectivity index (χ3v) is 5.21. The third kappa shape index (κ3) is 4.74. The molecule has 0 spiro atoms. The van der Waals surface area contributed by atoms with Crippen LogP contribution in [0.15, 0.2) is 66.7 Å². The number of nitrogens with one attached hydrogen (secondary N) is 1. The molecule has 0 bridgehead atoms. The van der Waals surface area contributed by atoms with Gasteiger partial charge in [-0.25, -0.2) is 18.0 Å². The molecule has 4 rings (SSSR count). The summed E-state index contributed by atoms with van der Waals surface area (Å²) >= 11 is 0. The maximum absolute atomic E-state index is 14.0. The predicted molar refractivity (Wildman–Crippen MR) is 115 cm³/mol. The summed E-state index contributed by atoms with van der Waals surface area (Å²) in [5, 5.41) is 2.69. The molecule has 1 aliphatic heterocycles. The van der Waals surface area contributed by atoms with Crippen molar-refractivity contribution >= 4 is 23.3 Å². The number of anilines is 2. The molecule has 0 atom stereocenters. The lowest BCUT2D eigenvalue weighted by molar-refractivity contribution is 0.102. The summed E-state index contributed by atoms with van der Waals surface area (Å²) in [6.07, 6.45) is 0.687. The summed E-state index contributed by atoms with van der Waals surface area (Å²) < 4.78 is 40.5. The first-order valence-corrected chi connectivity index (χ1v) is 10.1. The van der Waals surface area contributed by atoms with E-state index in [-0.39, 0.29) is 23.7 Å². The van der Waals surface area contributed by atoms with E-state index in [9.17, 15) is 22.8 Å². The van der Waals surface area contributed by atoms with E-state index in [1.165, 1.54) is 35.2 Å². The molecule has 1 heterocycles. The molecule has 3 aromatic carbocycles. The monoisotopic (exact) mass is 439 g/mol. The molecule has 3 amide bonds. The average molecular weight is 439 g/mol. The Labute approximate surface area is 183 Å². The molecule has 5 nitrogen and oxygen atoms in total. The molecular weight excluding hydrogens is 419 g/mol. The lowest BCUT2D eigenvalue weighted by Gasteiger charge is -2.35. The van der Waals surface area contributed by atoms with Gasteiger partial charge in [-0.3, -0.25) is 9.69 Å². The number of nitrogens with zero attached hydrogens (tertiary/aromatic N) is 2. The summed E-state index contributed by atoms with van der Waals surface area (Å²) in [7, 11) is 0. The van der Waals surface area contributed by atoms with Crippen molar-refractivity contribution in [1.82, 2.24) is 4.90 Å². The Morgan fingerprint density at radius 3 is 2.38 bits per heavy atom. The molecule has 0 saturated carbocycles. The number of hydrogen-bond donors (Lipinski definition) is 1. The zero-order valence-corrected chi connectivity index (χ0v) is 17.0. The summed E-state index contributed by atoms with van der Waals surface area (Å²) in [4.78, 5) is 28.3. The lowest BCUT2D eigenvalue weighted by atomic mass is 10.1. The van der Waals surface area contributed by atoms with E-state index in [1.54, 1.807) is 29.2 Å². The van der Waals surface area contributed by atoms with E-state index in [2.05, 4.69) is 5.32 Å². The maximum Gasteiger partial charge on any atom is 0.324 e. The van der Waals surface area contributed by atoms with Crippen LogP contribution in [0.25, 0.3) is 0 Å². The molecule has 3 aromatic rings. The summed E-state index contributed by atoms with van der Waals surface area (Å²) in [5.41, 5.74) is 1.57. The summed E-state index contributed by atoms with van der Waals surface area (Å²) in [6.45, 7) is 1.01. The van der Waals surface area contributed by atoms with Crippen LogP contribution in [0.1, 0.15) is 22.3 Å². The Morgan fingerprint density at radius 2 is 1.66 bits per heavy atom. The first-order chi connectivity index (χ1) is 15.4. The van der Waals surface area contributed by atoms with Gasteiger partial charge in [-0.05, 0) is 55.0 Å². The molecule has 0 aliphatic carbocycles. The molecule has 1 N–H and O–H groups in total. The number of amides is 3. The van der Waals surface area contributed by atoms with E-state index in [0.717, 1.165) is 12.1 Å². The molecular formula is C24H20F3N3O2. The number of rotatable bonds is 5. The van der Waals surface area contributed by atoms with Gasteiger partial charge in [0.15, 0.2) is 0 Å². The SMILES string of the molecule is O=C(Nc1ccc(N2CCCN(Cc3ccc(F)cc3F)C2=O)cc1)c1cccc(F)c1. The minimum Gasteiger partial charge on any atom is -0.322 e. The summed E-state index contributed by atoms with van der Waals surface area (Å²) in [5.74, 6) is -2.30. The molecule has 0 aromatic heterocycles. The average Bonchev–Trinajstić information content (AvgIpc) is 2.77. The van der Waals surface area contributed by atoms with E-state index in [0.29, 0.717) is 30.9 Å². The van der Waals surface area contributed by atoms with Crippen molar-refractivity contribution in [2.45, 2.75) is 13.0 Å². The van der Waals surface area contributed by atoms with Crippen LogP contribution in [0.3, 0.4) is 0 Å². The van der Waals surface area contributed by atoms with Crippen LogP contribution in [0, 0.1) is 17.5 Å². The van der Waals surface area contributed by atoms with Gasteiger partial charge >= 0.3 is 6.03 Å². The Kier molecular flexibility index (Phi) is 6.11. The third-order valence-electron chi connectivity index (χ3n) is 5.21. The molecule has 8 heteroatoms. The van der Waals surface area contributed by atoms with E-state index >= 15 is 0 Å². The van der Waals surface area contributed by atoms with Crippen LogP contribution in [0.2, 0.25) is 0 Å². The predicted octanol–water partition coefficient (Wildman–Crippen LogP) is 5.19. The second-order valence-electron chi connectivity index (χ2n) is 7.46. The van der Waals surface area contributed by atoms with E-state index < -0.39 is 23.4 Å². The smallest absolute Gasteiger partial charge is 0.322 e. The number of carbonyl (C=O) groups is 2. The standard InChI is InChI=1S/C24H20F3N3O2/c25-18-4-1-3-16(13-18)23(31)28-20-7-9-21(10-8-20)30-12-2-11-29(24(30)32)15-17-5-6-19(26)14-22(17)27/h1,3-10,13-14H,2,11-12,15H2,(H,28,31). The molecule has 0 unspecified atom stereocenters. The highest BCUT2D eigenvalue weighted by Crippen LogP contribution is 2.24. The fraction of sp³-hybridized carbons (Fsp3) is 0.167. The van der Waals surface area contributed by atoms with Gasteiger partial charge in [-0.15, -0.1) is 0 Å². The van der Waals surface area contributed by atoms with Gasteiger partial charge in [0.1, 0.15) is 17.5 Å². The van der Waals surface area contributed by atoms with Crippen molar-refractivity contribution in [3.63, 3.8) is 0 Å². The number of benzene rings is 3. The van der Waals surface area contributed by atoms with Crippen LogP contribution in [-0.4, -0.2) is 29.9 Å². The van der Waals surface area contributed by atoms with Gasteiger partial charge < -0.3 is 10.2 Å². The van der Waals surface area contributed by atoms with E-state index in [4.69, 9.17) is 0 Å². The van der Waals surface area contributed by atoms with Crippen LogP contribution in [0.5, 0.6) is 0 Å². The van der Waals surface area contributed by atoms with Crippen molar-refractivity contribution in [1.29, 1.82) is 0 Å². The number of hydrogen-bond acceptors (Lipinski definition) is 2. The highest BCUT2D eigenvalue weighted by molar-refractivity contribution is 6.04. The van der Waals surface area contributed by atoms with Gasteiger partial charge in [0.2, 0.25) is 0 Å². The Hall–Kier alpha value is -3.81. The zero-order chi connectivity index (χ0) is 22.7. The minimum atomic E-state index is -0.687. The number of carbonyl (C=O) groups excluding carboxylic acids is 2. The number of urea groups is 1. The van der Waals surface area contributed by atoms with E-state index in [1.807, 2.05) is 0 Å². The normalized spacial score (nSPS) is 13.9. The Balaban J connectivity index is 1.43. The second kappa shape index (κ2) is 9.13. The zero-order valence-electron chi connectivity index (χ0n) is 17.0. The van der Waals surface area contributed by atoms with Crippen molar-refractivity contribution in [3.05, 3.63) is 95.3 Å². The molecule has 164 valence electrons. The maximum atomic E-state index is 14.0.